The highest BCUT2D eigenvalue weighted by molar-refractivity contribution is 7.77. The van der Waals surface area contributed by atoms with E-state index in [1.54, 1.807) is 29.7 Å². The lowest BCUT2D eigenvalue weighted by atomic mass is 10.2. The summed E-state index contributed by atoms with van der Waals surface area (Å²) in [4.78, 5) is 28.6. The predicted molar refractivity (Wildman–Crippen MR) is 122 cm³/mol. The Morgan fingerprint density at radius 3 is 2.66 bits per heavy atom. The van der Waals surface area contributed by atoms with Crippen molar-refractivity contribution in [3.8, 4) is 0 Å². The van der Waals surface area contributed by atoms with Crippen LogP contribution in [0.4, 0.5) is 10.5 Å². The molecule has 0 saturated heterocycles. The zero-order valence-corrected chi connectivity index (χ0v) is 20.0. The summed E-state index contributed by atoms with van der Waals surface area (Å²) in [5.74, 6) is -0.118. The first-order chi connectivity index (χ1) is 15.3. The van der Waals surface area contributed by atoms with Crippen LogP contribution >= 0.6 is 11.6 Å². The number of carbonyl (C=O) groups excluding carboxylic acids is 2. The lowest BCUT2D eigenvalue weighted by molar-refractivity contribution is 0.0852. The number of aryl methyl sites for hydroxylation is 1. The van der Waals surface area contributed by atoms with E-state index in [-0.39, 0.29) is 12.2 Å². The molecular formula is C21H28ClN4O5S-. The van der Waals surface area contributed by atoms with Crippen molar-refractivity contribution >= 4 is 40.6 Å². The van der Waals surface area contributed by atoms with E-state index in [9.17, 15) is 18.4 Å². The first-order valence-electron chi connectivity index (χ1n) is 10.4. The molecule has 0 bridgehead atoms. The molecule has 2 aromatic rings. The SMILES string of the molecule is CCCCCN(C(=O)c1cn(Cc2ccc(NC(=O)OCCC)cc2Cl)c(C)n1)S(=O)[O-]. The Balaban J connectivity index is 2.11. The number of benzene rings is 1. The molecule has 0 spiro atoms. The van der Waals surface area contributed by atoms with Crippen LogP contribution in [-0.2, 0) is 22.5 Å². The predicted octanol–water partition coefficient (Wildman–Crippen LogP) is 4.28. The van der Waals surface area contributed by atoms with Crippen molar-refractivity contribution in [3.63, 3.8) is 0 Å². The number of amides is 2. The highest BCUT2D eigenvalue weighted by atomic mass is 35.5. The standard InChI is InChI=1S/C21H29ClN4O5S/c1-4-6-7-10-26(32(29)30)20(27)19-14-25(15(3)23-19)13-16-8-9-17(12-18(16)22)24-21(28)31-11-5-2/h8-9,12,14H,4-7,10-11,13H2,1-3H3,(H,24,28)(H,29,30)/p-1. The third kappa shape index (κ3) is 7.32. The van der Waals surface area contributed by atoms with Gasteiger partial charge in [0.25, 0.3) is 5.91 Å². The van der Waals surface area contributed by atoms with Crippen molar-refractivity contribution < 1.29 is 23.1 Å². The first-order valence-corrected chi connectivity index (χ1v) is 11.8. The molecule has 1 heterocycles. The molecule has 1 atom stereocenters. The second-order valence-corrected chi connectivity index (χ2v) is 8.48. The Labute approximate surface area is 195 Å². The summed E-state index contributed by atoms with van der Waals surface area (Å²) in [6, 6.07) is 5.06. The molecule has 2 rings (SSSR count). The molecule has 0 aliphatic heterocycles. The molecule has 32 heavy (non-hydrogen) atoms. The minimum Gasteiger partial charge on any atom is -0.755 e. The summed E-state index contributed by atoms with van der Waals surface area (Å²) in [5, 5.41) is 3.03. The fourth-order valence-corrected chi connectivity index (χ4v) is 3.68. The summed E-state index contributed by atoms with van der Waals surface area (Å²) in [7, 11) is 0. The molecule has 1 aromatic heterocycles. The van der Waals surface area contributed by atoms with Crippen LogP contribution in [0.1, 0.15) is 61.4 Å². The molecule has 0 saturated carbocycles. The second-order valence-electron chi connectivity index (χ2n) is 7.20. The monoisotopic (exact) mass is 483 g/mol. The molecule has 0 aliphatic carbocycles. The maximum Gasteiger partial charge on any atom is 0.411 e. The largest absolute Gasteiger partial charge is 0.755 e. The third-order valence-electron chi connectivity index (χ3n) is 4.64. The van der Waals surface area contributed by atoms with Crippen LogP contribution in [0.25, 0.3) is 0 Å². The topological polar surface area (TPSA) is 117 Å². The Morgan fingerprint density at radius 2 is 2.03 bits per heavy atom. The Hall–Kier alpha value is -2.43. The molecular weight excluding hydrogens is 456 g/mol. The highest BCUT2D eigenvalue weighted by Crippen LogP contribution is 2.23. The zero-order valence-electron chi connectivity index (χ0n) is 18.4. The number of carbonyl (C=O) groups is 2. The van der Waals surface area contributed by atoms with Gasteiger partial charge in [0.05, 0.1) is 24.4 Å². The van der Waals surface area contributed by atoms with Crippen LogP contribution in [0.2, 0.25) is 5.02 Å². The number of hydrogen-bond acceptors (Lipinski definition) is 6. The quantitative estimate of drug-likeness (QED) is 0.376. The van der Waals surface area contributed by atoms with Gasteiger partial charge in [-0.2, -0.15) is 0 Å². The molecule has 2 amide bonds. The average molecular weight is 484 g/mol. The van der Waals surface area contributed by atoms with Gasteiger partial charge in [0.15, 0.2) is 0 Å². The smallest absolute Gasteiger partial charge is 0.411 e. The van der Waals surface area contributed by atoms with Gasteiger partial charge in [0, 0.05) is 23.5 Å². The van der Waals surface area contributed by atoms with Crippen LogP contribution in [-0.4, -0.2) is 47.8 Å². The van der Waals surface area contributed by atoms with Crippen LogP contribution in [0, 0.1) is 6.92 Å². The maximum atomic E-state index is 12.7. The molecule has 0 aliphatic rings. The van der Waals surface area contributed by atoms with Crippen molar-refractivity contribution in [3.05, 3.63) is 46.5 Å². The molecule has 9 nitrogen and oxygen atoms in total. The van der Waals surface area contributed by atoms with Gasteiger partial charge in [-0.15, -0.1) is 0 Å². The summed E-state index contributed by atoms with van der Waals surface area (Å²) in [5.41, 5.74) is 1.29. The molecule has 1 aromatic carbocycles. The molecule has 0 radical (unpaired) electrons. The number of rotatable bonds is 11. The Morgan fingerprint density at radius 1 is 1.28 bits per heavy atom. The number of nitrogens with zero attached hydrogens (tertiary/aromatic N) is 3. The molecule has 176 valence electrons. The van der Waals surface area contributed by atoms with Crippen LogP contribution < -0.4 is 5.32 Å². The van der Waals surface area contributed by atoms with Gasteiger partial charge < -0.3 is 13.9 Å². The number of imidazole rings is 1. The maximum absolute atomic E-state index is 12.7. The van der Waals surface area contributed by atoms with E-state index in [2.05, 4.69) is 10.3 Å². The van der Waals surface area contributed by atoms with Crippen LogP contribution in [0.3, 0.4) is 0 Å². The summed E-state index contributed by atoms with van der Waals surface area (Å²) >= 11 is 3.70. The Kier molecular flexibility index (Phi) is 10.1. The number of aromatic nitrogens is 2. The van der Waals surface area contributed by atoms with E-state index in [1.165, 1.54) is 6.20 Å². The zero-order chi connectivity index (χ0) is 23.7. The lowest BCUT2D eigenvalue weighted by Gasteiger charge is -2.23. The van der Waals surface area contributed by atoms with Gasteiger partial charge in [-0.25, -0.2) is 9.78 Å². The molecule has 0 fully saturated rings. The van der Waals surface area contributed by atoms with E-state index in [0.29, 0.717) is 36.1 Å². The Bertz CT molecular complexity index is 966. The van der Waals surface area contributed by atoms with Crippen LogP contribution in [0.15, 0.2) is 24.4 Å². The average Bonchev–Trinajstić information content (AvgIpc) is 3.11. The molecule has 11 heteroatoms. The van der Waals surface area contributed by atoms with Gasteiger partial charge in [0.2, 0.25) is 0 Å². The number of halogens is 1. The van der Waals surface area contributed by atoms with Crippen LogP contribution in [0.5, 0.6) is 0 Å². The minimum absolute atomic E-state index is 0.0521. The minimum atomic E-state index is -2.67. The number of ether oxygens (including phenoxy) is 1. The highest BCUT2D eigenvalue weighted by Gasteiger charge is 2.20. The van der Waals surface area contributed by atoms with Crippen molar-refractivity contribution in [2.75, 3.05) is 18.5 Å². The third-order valence-corrected chi connectivity index (χ3v) is 5.70. The van der Waals surface area contributed by atoms with Crippen molar-refractivity contribution in [2.24, 2.45) is 0 Å². The van der Waals surface area contributed by atoms with Gasteiger partial charge in [0.1, 0.15) is 11.5 Å². The molecule has 1 N–H and O–H groups in total. The second kappa shape index (κ2) is 12.6. The number of anilines is 1. The van der Waals surface area contributed by atoms with Gasteiger partial charge in [-0.05, 0) is 37.5 Å². The van der Waals surface area contributed by atoms with Crippen molar-refractivity contribution in [2.45, 2.75) is 53.0 Å². The first kappa shape index (κ1) is 25.8. The summed E-state index contributed by atoms with van der Waals surface area (Å²) in [6.07, 6.45) is 4.02. The van der Waals surface area contributed by atoms with E-state index < -0.39 is 23.3 Å². The number of unbranched alkanes of at least 4 members (excludes halogenated alkanes) is 2. The van der Waals surface area contributed by atoms with E-state index in [0.717, 1.165) is 29.1 Å². The summed E-state index contributed by atoms with van der Waals surface area (Å²) < 4.78 is 30.5. The van der Waals surface area contributed by atoms with E-state index in [1.807, 2.05) is 13.8 Å². The summed E-state index contributed by atoms with van der Waals surface area (Å²) in [6.45, 7) is 6.39. The van der Waals surface area contributed by atoms with Crippen molar-refractivity contribution in [1.82, 2.24) is 13.9 Å². The number of nitrogens with one attached hydrogen (secondary N) is 1. The van der Waals surface area contributed by atoms with Gasteiger partial charge in [-0.3, -0.25) is 18.6 Å². The molecule has 1 unspecified atom stereocenters. The lowest BCUT2D eigenvalue weighted by Crippen LogP contribution is -2.33. The van der Waals surface area contributed by atoms with E-state index in [4.69, 9.17) is 16.3 Å². The van der Waals surface area contributed by atoms with Crippen molar-refractivity contribution in [1.29, 1.82) is 0 Å². The van der Waals surface area contributed by atoms with E-state index >= 15 is 0 Å². The fourth-order valence-electron chi connectivity index (χ4n) is 2.93. The van der Waals surface area contributed by atoms with Gasteiger partial charge in [-0.1, -0.05) is 44.4 Å². The van der Waals surface area contributed by atoms with Gasteiger partial charge >= 0.3 is 6.09 Å². The fraction of sp³-hybridized carbons (Fsp3) is 0.476. The number of hydrogen-bond donors (Lipinski definition) is 1. The normalized spacial score (nSPS) is 11.8.